The summed E-state index contributed by atoms with van der Waals surface area (Å²) in [7, 11) is 1.36. The Bertz CT molecular complexity index is 1030. The van der Waals surface area contributed by atoms with Crippen molar-refractivity contribution in [1.29, 1.82) is 0 Å². The Balaban J connectivity index is 1.87. The lowest BCUT2D eigenvalue weighted by atomic mass is 10.0. The minimum atomic E-state index is -0.467. The number of benzene rings is 2. The first kappa shape index (κ1) is 28.5. The molecule has 2 rings (SSSR count). The maximum absolute atomic E-state index is 11.4. The quantitative estimate of drug-likeness (QED) is 0.0843. The molecular weight excluding hydrogens is 490 g/mol. The summed E-state index contributed by atoms with van der Waals surface area (Å²) in [6.07, 6.45) is 5.20. The predicted octanol–water partition coefficient (Wildman–Crippen LogP) is 5.76. The number of phenolic OH excluding ortho intramolecular Hbond substituents is 1. The number of ether oxygens (including phenoxy) is 2. The summed E-state index contributed by atoms with van der Waals surface area (Å²) in [5.74, 6) is 0.986. The van der Waals surface area contributed by atoms with Crippen LogP contribution < -0.4 is 4.74 Å². The van der Waals surface area contributed by atoms with Crippen LogP contribution >= 0.6 is 23.4 Å². The zero-order valence-electron chi connectivity index (χ0n) is 20.3. The summed E-state index contributed by atoms with van der Waals surface area (Å²) in [4.78, 5) is 27.6. The Kier molecular flexibility index (Phi) is 12.5. The standard InChI is InChI=1S/C26H32ClNO6S/c1-4-7-21-23(11-10-20(26(21)31)8-5-13-28-34-18(2)29)33-14-6-15-35-24-12-9-19(16-22(24)27)17-25(30)32-3/h9-13,16,31H,4-8,14-15,17H2,1-3H3. The molecule has 0 aromatic heterocycles. The number of aryl methyl sites for hydroxylation is 1. The van der Waals surface area contributed by atoms with Crippen LogP contribution in [-0.2, 0) is 38.4 Å². The maximum Gasteiger partial charge on any atom is 0.331 e. The van der Waals surface area contributed by atoms with Crippen molar-refractivity contribution in [3.8, 4) is 11.5 Å². The third-order valence-corrected chi connectivity index (χ3v) is 6.58. The van der Waals surface area contributed by atoms with E-state index in [4.69, 9.17) is 16.3 Å². The number of carbonyl (C=O) groups excluding carboxylic acids is 2. The number of hydrogen-bond acceptors (Lipinski definition) is 8. The van der Waals surface area contributed by atoms with Gasteiger partial charge in [0.1, 0.15) is 11.5 Å². The van der Waals surface area contributed by atoms with Crippen molar-refractivity contribution in [2.45, 2.75) is 57.3 Å². The summed E-state index contributed by atoms with van der Waals surface area (Å²) in [5, 5.41) is 15.0. The summed E-state index contributed by atoms with van der Waals surface area (Å²) in [5.41, 5.74) is 2.42. The molecule has 0 amide bonds. The lowest BCUT2D eigenvalue weighted by Crippen LogP contribution is -2.04. The Hall–Kier alpha value is -2.71. The minimum absolute atomic E-state index is 0.197. The van der Waals surface area contributed by atoms with Gasteiger partial charge in [0.05, 0.1) is 25.2 Å². The summed E-state index contributed by atoms with van der Waals surface area (Å²) in [6.45, 7) is 3.85. The lowest BCUT2D eigenvalue weighted by Gasteiger charge is -2.15. The van der Waals surface area contributed by atoms with Gasteiger partial charge in [-0.1, -0.05) is 42.2 Å². The monoisotopic (exact) mass is 521 g/mol. The van der Waals surface area contributed by atoms with Crippen molar-refractivity contribution in [2.75, 3.05) is 19.5 Å². The van der Waals surface area contributed by atoms with E-state index in [1.54, 1.807) is 17.8 Å². The van der Waals surface area contributed by atoms with Crippen LogP contribution in [0.2, 0.25) is 5.02 Å². The van der Waals surface area contributed by atoms with E-state index in [9.17, 15) is 14.7 Å². The summed E-state index contributed by atoms with van der Waals surface area (Å²) >= 11 is 7.99. The number of halogens is 1. The van der Waals surface area contributed by atoms with Gasteiger partial charge in [-0.15, -0.1) is 11.8 Å². The number of esters is 1. The second-order valence-electron chi connectivity index (χ2n) is 7.78. The fourth-order valence-corrected chi connectivity index (χ4v) is 4.52. The van der Waals surface area contributed by atoms with Crippen LogP contribution in [0.5, 0.6) is 11.5 Å². The Labute approximate surface area is 215 Å². The number of methoxy groups -OCH3 is 1. The van der Waals surface area contributed by atoms with Gasteiger partial charge in [0, 0.05) is 29.4 Å². The second kappa shape index (κ2) is 15.3. The molecule has 0 bridgehead atoms. The third-order valence-electron chi connectivity index (χ3n) is 5.00. The topological polar surface area (TPSA) is 94.4 Å². The van der Waals surface area contributed by atoms with Gasteiger partial charge in [0.2, 0.25) is 0 Å². The molecule has 0 aliphatic rings. The molecule has 9 heteroatoms. The fourth-order valence-electron chi connectivity index (χ4n) is 3.31. The van der Waals surface area contributed by atoms with Crippen LogP contribution in [0.1, 0.15) is 49.8 Å². The SMILES string of the molecule is CCCc1c(OCCCSc2ccc(CC(=O)OC)cc2Cl)ccc(CCC=NOC(C)=O)c1O. The van der Waals surface area contributed by atoms with Crippen LogP contribution in [-0.4, -0.2) is 42.7 Å². The van der Waals surface area contributed by atoms with Gasteiger partial charge in [-0.2, -0.15) is 0 Å². The van der Waals surface area contributed by atoms with Crippen LogP contribution in [0.3, 0.4) is 0 Å². The molecule has 1 N–H and O–H groups in total. The first-order chi connectivity index (χ1) is 16.8. The Morgan fingerprint density at radius 1 is 1.20 bits per heavy atom. The van der Waals surface area contributed by atoms with Gasteiger partial charge in [-0.25, -0.2) is 4.79 Å². The molecule has 0 spiro atoms. The van der Waals surface area contributed by atoms with Crippen molar-refractivity contribution < 1.29 is 29.0 Å². The van der Waals surface area contributed by atoms with Crippen molar-refractivity contribution >= 4 is 41.5 Å². The number of rotatable bonds is 14. The molecule has 7 nitrogen and oxygen atoms in total. The normalized spacial score (nSPS) is 11.0. The molecule has 0 saturated heterocycles. The highest BCUT2D eigenvalue weighted by Crippen LogP contribution is 2.34. The van der Waals surface area contributed by atoms with Crippen molar-refractivity contribution in [1.82, 2.24) is 0 Å². The van der Waals surface area contributed by atoms with Gasteiger partial charge in [0.25, 0.3) is 0 Å². The summed E-state index contributed by atoms with van der Waals surface area (Å²) in [6, 6.07) is 9.34. The van der Waals surface area contributed by atoms with E-state index in [-0.39, 0.29) is 18.1 Å². The number of thioether (sulfide) groups is 1. The second-order valence-corrected chi connectivity index (χ2v) is 9.32. The average Bonchev–Trinajstić information content (AvgIpc) is 2.82. The van der Waals surface area contributed by atoms with Gasteiger partial charge >= 0.3 is 11.9 Å². The van der Waals surface area contributed by atoms with Gasteiger partial charge in [0.15, 0.2) is 0 Å². The third kappa shape index (κ3) is 9.82. The molecule has 35 heavy (non-hydrogen) atoms. The van der Waals surface area contributed by atoms with E-state index < -0.39 is 5.97 Å². The van der Waals surface area contributed by atoms with Crippen molar-refractivity contribution in [2.24, 2.45) is 5.16 Å². The first-order valence-corrected chi connectivity index (χ1v) is 12.9. The molecule has 0 atom stereocenters. The molecule has 0 aliphatic heterocycles. The van der Waals surface area contributed by atoms with E-state index in [0.717, 1.165) is 40.2 Å². The van der Waals surface area contributed by atoms with E-state index in [2.05, 4.69) is 21.7 Å². The van der Waals surface area contributed by atoms with E-state index >= 15 is 0 Å². The molecule has 0 radical (unpaired) electrons. The van der Waals surface area contributed by atoms with Crippen LogP contribution in [0, 0.1) is 0 Å². The minimum Gasteiger partial charge on any atom is -0.507 e. The molecule has 0 fully saturated rings. The highest BCUT2D eigenvalue weighted by molar-refractivity contribution is 7.99. The molecule has 2 aromatic carbocycles. The molecule has 0 saturated carbocycles. The highest BCUT2D eigenvalue weighted by Gasteiger charge is 2.13. The van der Waals surface area contributed by atoms with Crippen LogP contribution in [0.15, 0.2) is 40.4 Å². The molecule has 0 unspecified atom stereocenters. The van der Waals surface area contributed by atoms with Gasteiger partial charge < -0.3 is 19.4 Å². The zero-order chi connectivity index (χ0) is 25.6. The van der Waals surface area contributed by atoms with E-state index in [1.807, 2.05) is 24.3 Å². The van der Waals surface area contributed by atoms with E-state index in [1.165, 1.54) is 20.2 Å². The first-order valence-electron chi connectivity index (χ1n) is 11.5. The Morgan fingerprint density at radius 3 is 2.69 bits per heavy atom. The number of carbonyl (C=O) groups is 2. The average molecular weight is 522 g/mol. The van der Waals surface area contributed by atoms with Gasteiger partial charge in [-0.05, 0) is 55.0 Å². The van der Waals surface area contributed by atoms with Crippen molar-refractivity contribution in [3.05, 3.63) is 52.0 Å². The van der Waals surface area contributed by atoms with Crippen LogP contribution in [0.25, 0.3) is 0 Å². The largest absolute Gasteiger partial charge is 0.507 e. The molecule has 0 heterocycles. The van der Waals surface area contributed by atoms with Gasteiger partial charge in [-0.3, -0.25) is 4.79 Å². The molecule has 190 valence electrons. The maximum atomic E-state index is 11.4. The number of aromatic hydroxyl groups is 1. The Morgan fingerprint density at radius 2 is 2.00 bits per heavy atom. The van der Waals surface area contributed by atoms with E-state index in [0.29, 0.717) is 36.6 Å². The van der Waals surface area contributed by atoms with Crippen LogP contribution in [0.4, 0.5) is 0 Å². The summed E-state index contributed by atoms with van der Waals surface area (Å²) < 4.78 is 10.7. The molecule has 0 aliphatic carbocycles. The van der Waals surface area contributed by atoms with Crippen molar-refractivity contribution in [3.63, 3.8) is 0 Å². The zero-order valence-corrected chi connectivity index (χ0v) is 21.9. The smallest absolute Gasteiger partial charge is 0.331 e. The molecular formula is C26H32ClNO6S. The fraction of sp³-hybridized carbons (Fsp3) is 0.423. The number of oxime groups is 1. The number of hydrogen-bond donors (Lipinski definition) is 1. The lowest BCUT2D eigenvalue weighted by molar-refractivity contribution is -0.141. The molecule has 2 aromatic rings. The number of nitrogens with zero attached hydrogens (tertiary/aromatic N) is 1. The highest BCUT2D eigenvalue weighted by atomic mass is 35.5. The number of phenols is 1. The predicted molar refractivity (Wildman–Crippen MR) is 139 cm³/mol.